The molecule has 1 aliphatic carbocycles. The Bertz CT molecular complexity index is 260. The van der Waals surface area contributed by atoms with E-state index in [0.29, 0.717) is 13.0 Å². The smallest absolute Gasteiger partial charge is 0.237 e. The monoisotopic (exact) mass is 244 g/mol. The molecule has 0 spiro atoms. The first-order valence-corrected chi connectivity index (χ1v) is 6.17. The lowest BCUT2D eigenvalue weighted by Crippen LogP contribution is -2.57. The Hall–Kier alpha value is -0.650. The summed E-state index contributed by atoms with van der Waals surface area (Å²) < 4.78 is 10.9. The zero-order valence-electron chi connectivity index (χ0n) is 11.0. The van der Waals surface area contributed by atoms with Crippen molar-refractivity contribution in [3.63, 3.8) is 0 Å². The van der Waals surface area contributed by atoms with Crippen molar-refractivity contribution in [3.8, 4) is 0 Å². The lowest BCUT2D eigenvalue weighted by atomic mass is 9.79. The van der Waals surface area contributed by atoms with Crippen molar-refractivity contribution < 1.29 is 14.3 Å². The second-order valence-electron chi connectivity index (χ2n) is 4.82. The van der Waals surface area contributed by atoms with Crippen LogP contribution in [0.4, 0.5) is 0 Å². The summed E-state index contributed by atoms with van der Waals surface area (Å²) in [5.41, 5.74) is 4.88. The van der Waals surface area contributed by atoms with Crippen LogP contribution in [0.25, 0.3) is 0 Å². The van der Waals surface area contributed by atoms with Gasteiger partial charge in [-0.15, -0.1) is 0 Å². The Labute approximate surface area is 103 Å². The number of carbonyl (C=O) groups is 1. The highest BCUT2D eigenvalue weighted by atomic mass is 16.5. The van der Waals surface area contributed by atoms with Gasteiger partial charge in [0.2, 0.25) is 5.91 Å². The van der Waals surface area contributed by atoms with E-state index < -0.39 is 5.54 Å². The maximum Gasteiger partial charge on any atom is 0.237 e. The van der Waals surface area contributed by atoms with E-state index in [1.165, 1.54) is 0 Å². The van der Waals surface area contributed by atoms with E-state index in [9.17, 15) is 4.79 Å². The molecular formula is C12H24N2O3. The number of carbonyl (C=O) groups excluding carboxylic acids is 1. The van der Waals surface area contributed by atoms with E-state index in [0.717, 1.165) is 19.3 Å². The van der Waals surface area contributed by atoms with Crippen LogP contribution in [0.3, 0.4) is 0 Å². The SMILES string of the molecule is CNC1(C(N)=O)CCCC(OC(C)COC)C1. The molecule has 1 saturated carbocycles. The first-order chi connectivity index (χ1) is 8.04. The summed E-state index contributed by atoms with van der Waals surface area (Å²) in [7, 11) is 3.44. The molecule has 0 aliphatic heterocycles. The fourth-order valence-electron chi connectivity index (χ4n) is 2.52. The lowest BCUT2D eigenvalue weighted by Gasteiger charge is -2.39. The zero-order chi connectivity index (χ0) is 12.9. The Morgan fingerprint density at radius 3 is 2.88 bits per heavy atom. The molecule has 3 unspecified atom stereocenters. The predicted molar refractivity (Wildman–Crippen MR) is 65.7 cm³/mol. The van der Waals surface area contributed by atoms with Crippen LogP contribution in [0.1, 0.15) is 32.6 Å². The third-order valence-corrected chi connectivity index (χ3v) is 3.48. The summed E-state index contributed by atoms with van der Waals surface area (Å²) in [6.07, 6.45) is 3.49. The third-order valence-electron chi connectivity index (χ3n) is 3.48. The zero-order valence-corrected chi connectivity index (χ0v) is 11.0. The predicted octanol–water partition coefficient (Wildman–Crippen LogP) is 0.424. The Morgan fingerprint density at radius 2 is 2.35 bits per heavy atom. The Morgan fingerprint density at radius 1 is 1.65 bits per heavy atom. The molecular weight excluding hydrogens is 220 g/mol. The minimum Gasteiger partial charge on any atom is -0.382 e. The number of hydrogen-bond donors (Lipinski definition) is 2. The summed E-state index contributed by atoms with van der Waals surface area (Å²) in [6.45, 7) is 2.54. The van der Waals surface area contributed by atoms with Crippen molar-refractivity contribution in [1.29, 1.82) is 0 Å². The molecule has 5 heteroatoms. The Balaban J connectivity index is 2.56. The van der Waals surface area contributed by atoms with Gasteiger partial charge in [-0.25, -0.2) is 0 Å². The van der Waals surface area contributed by atoms with Crippen LogP contribution in [-0.4, -0.2) is 44.4 Å². The first-order valence-electron chi connectivity index (χ1n) is 6.17. The van der Waals surface area contributed by atoms with Gasteiger partial charge < -0.3 is 20.5 Å². The van der Waals surface area contributed by atoms with Crippen LogP contribution in [0, 0.1) is 0 Å². The van der Waals surface area contributed by atoms with Gasteiger partial charge in [0.25, 0.3) is 0 Å². The quantitative estimate of drug-likeness (QED) is 0.710. The number of nitrogens with one attached hydrogen (secondary N) is 1. The van der Waals surface area contributed by atoms with Gasteiger partial charge in [-0.1, -0.05) is 0 Å². The number of primary amides is 1. The van der Waals surface area contributed by atoms with Crippen LogP contribution in [0.5, 0.6) is 0 Å². The summed E-state index contributed by atoms with van der Waals surface area (Å²) in [5, 5.41) is 3.07. The number of rotatable bonds is 6. The van der Waals surface area contributed by atoms with Crippen LogP contribution in [-0.2, 0) is 14.3 Å². The molecule has 5 nitrogen and oxygen atoms in total. The largest absolute Gasteiger partial charge is 0.382 e. The van der Waals surface area contributed by atoms with E-state index in [1.807, 2.05) is 6.92 Å². The topological polar surface area (TPSA) is 73.6 Å². The summed E-state index contributed by atoms with van der Waals surface area (Å²) in [6, 6.07) is 0. The maximum atomic E-state index is 11.5. The van der Waals surface area contributed by atoms with Crippen molar-refractivity contribution in [1.82, 2.24) is 5.32 Å². The van der Waals surface area contributed by atoms with Crippen LogP contribution in [0.15, 0.2) is 0 Å². The van der Waals surface area contributed by atoms with Crippen LogP contribution in [0.2, 0.25) is 0 Å². The van der Waals surface area contributed by atoms with E-state index >= 15 is 0 Å². The fraction of sp³-hybridized carbons (Fsp3) is 0.917. The molecule has 0 aromatic heterocycles. The van der Waals surface area contributed by atoms with Gasteiger partial charge in [-0.3, -0.25) is 4.79 Å². The summed E-state index contributed by atoms with van der Waals surface area (Å²) in [4.78, 5) is 11.5. The number of methoxy groups -OCH3 is 1. The summed E-state index contributed by atoms with van der Waals surface area (Å²) in [5.74, 6) is -0.285. The van der Waals surface area contributed by atoms with Crippen molar-refractivity contribution in [3.05, 3.63) is 0 Å². The number of ether oxygens (including phenoxy) is 2. The van der Waals surface area contributed by atoms with Gasteiger partial charge in [0.15, 0.2) is 0 Å². The number of likely N-dealkylation sites (N-methyl/N-ethyl adjacent to an activating group) is 1. The second-order valence-corrected chi connectivity index (χ2v) is 4.82. The fourth-order valence-corrected chi connectivity index (χ4v) is 2.52. The molecule has 3 atom stereocenters. The minimum atomic E-state index is -0.601. The number of nitrogens with two attached hydrogens (primary N) is 1. The van der Waals surface area contributed by atoms with Crippen molar-refractivity contribution >= 4 is 5.91 Å². The van der Waals surface area contributed by atoms with Gasteiger partial charge in [-0.2, -0.15) is 0 Å². The van der Waals surface area contributed by atoms with Crippen LogP contribution < -0.4 is 11.1 Å². The third kappa shape index (κ3) is 3.66. The lowest BCUT2D eigenvalue weighted by molar-refractivity contribution is -0.130. The van der Waals surface area contributed by atoms with Gasteiger partial charge in [0, 0.05) is 13.5 Å². The molecule has 1 amide bonds. The molecule has 0 radical (unpaired) electrons. The van der Waals surface area contributed by atoms with E-state index in [4.69, 9.17) is 15.2 Å². The van der Waals surface area contributed by atoms with Gasteiger partial charge >= 0.3 is 0 Å². The molecule has 100 valence electrons. The molecule has 1 aliphatic rings. The first kappa shape index (κ1) is 14.4. The molecule has 1 fully saturated rings. The van der Waals surface area contributed by atoms with E-state index in [1.54, 1.807) is 14.2 Å². The molecule has 1 rings (SSSR count). The normalized spacial score (nSPS) is 31.1. The Kier molecular flexibility index (Phi) is 5.36. The highest BCUT2D eigenvalue weighted by Crippen LogP contribution is 2.30. The average molecular weight is 244 g/mol. The highest BCUT2D eigenvalue weighted by molar-refractivity contribution is 5.84. The molecule has 0 aromatic rings. The van der Waals surface area contributed by atoms with Crippen molar-refractivity contribution in [2.45, 2.75) is 50.4 Å². The molecule has 0 bridgehead atoms. The highest BCUT2D eigenvalue weighted by Gasteiger charge is 2.40. The molecule has 0 heterocycles. The number of amides is 1. The van der Waals surface area contributed by atoms with Gasteiger partial charge in [0.05, 0.1) is 24.4 Å². The van der Waals surface area contributed by atoms with Crippen molar-refractivity contribution in [2.24, 2.45) is 5.73 Å². The van der Waals surface area contributed by atoms with Crippen molar-refractivity contribution in [2.75, 3.05) is 20.8 Å². The second kappa shape index (κ2) is 6.33. The molecule has 3 N–H and O–H groups in total. The average Bonchev–Trinajstić information content (AvgIpc) is 2.29. The molecule has 0 saturated heterocycles. The minimum absolute atomic E-state index is 0.0468. The molecule has 0 aromatic carbocycles. The van der Waals surface area contributed by atoms with Gasteiger partial charge in [0.1, 0.15) is 0 Å². The summed E-state index contributed by atoms with van der Waals surface area (Å²) >= 11 is 0. The van der Waals surface area contributed by atoms with E-state index in [2.05, 4.69) is 5.32 Å². The van der Waals surface area contributed by atoms with E-state index in [-0.39, 0.29) is 18.1 Å². The van der Waals surface area contributed by atoms with Crippen LogP contribution >= 0.6 is 0 Å². The standard InChI is InChI=1S/C12H24N2O3/c1-9(8-16-3)17-10-5-4-6-12(7-10,14-2)11(13)15/h9-10,14H,4-8H2,1-3H3,(H2,13,15). The molecule has 17 heavy (non-hydrogen) atoms. The maximum absolute atomic E-state index is 11.5. The van der Waals surface area contributed by atoms with Gasteiger partial charge in [-0.05, 0) is 33.2 Å². The number of hydrogen-bond acceptors (Lipinski definition) is 4.